The average Bonchev–Trinajstić information content (AvgIpc) is 2.34. The summed E-state index contributed by atoms with van der Waals surface area (Å²) in [7, 11) is 4.64. The molecule has 0 radical (unpaired) electrons. The second kappa shape index (κ2) is 8.28. The Hall–Kier alpha value is -0.860. The molecule has 0 heterocycles. The Labute approximate surface area is 113 Å². The lowest BCUT2D eigenvalue weighted by molar-refractivity contribution is -0.903. The number of benzene rings is 1. The summed E-state index contributed by atoms with van der Waals surface area (Å²) in [4.78, 5) is 0. The normalized spacial score (nSPS) is 11.7. The minimum Gasteiger partial charge on any atom is -0.325 e. The topological polar surface area (TPSA) is 12.0 Å². The zero-order valence-corrected chi connectivity index (χ0v) is 12.3. The van der Waals surface area contributed by atoms with Crippen molar-refractivity contribution in [2.45, 2.75) is 32.7 Å². The number of nitrogens with zero attached hydrogens (tertiary/aromatic N) is 1. The molecule has 1 aromatic carbocycles. The Bertz CT molecular complexity index is 306. The second-order valence-corrected chi connectivity index (χ2v) is 5.76. The molecule has 2 heteroatoms. The van der Waals surface area contributed by atoms with Crippen LogP contribution in [0.1, 0.15) is 31.7 Å². The fourth-order valence-electron chi connectivity index (χ4n) is 2.22. The van der Waals surface area contributed by atoms with Gasteiger partial charge in [0.2, 0.25) is 0 Å². The van der Waals surface area contributed by atoms with Crippen LogP contribution in [0.3, 0.4) is 0 Å². The maximum absolute atomic E-state index is 3.51. The molecule has 102 valence electrons. The van der Waals surface area contributed by atoms with E-state index >= 15 is 0 Å². The van der Waals surface area contributed by atoms with Gasteiger partial charge >= 0.3 is 0 Å². The van der Waals surface area contributed by atoms with E-state index in [0.29, 0.717) is 0 Å². The zero-order valence-electron chi connectivity index (χ0n) is 12.3. The molecule has 0 amide bonds. The Balaban J connectivity index is 2.19. The molecule has 0 aromatic heterocycles. The summed E-state index contributed by atoms with van der Waals surface area (Å²) >= 11 is 0. The molecule has 0 aliphatic rings. The van der Waals surface area contributed by atoms with Crippen molar-refractivity contribution in [3.05, 3.63) is 35.9 Å². The summed E-state index contributed by atoms with van der Waals surface area (Å²) in [6, 6.07) is 10.8. The largest absolute Gasteiger partial charge is 0.325 e. The first-order valence-corrected chi connectivity index (χ1v) is 7.21. The van der Waals surface area contributed by atoms with Crippen LogP contribution >= 0.6 is 0 Å². The molecule has 0 fully saturated rings. The molecule has 0 spiro atoms. The lowest BCUT2D eigenvalue weighted by atomic mass is 10.2. The smallest absolute Gasteiger partial charge is 0.104 e. The van der Waals surface area contributed by atoms with Crippen LogP contribution in [0.25, 0.3) is 0 Å². The van der Waals surface area contributed by atoms with Gasteiger partial charge in [-0.15, -0.1) is 0 Å². The number of hydrogen-bond acceptors (Lipinski definition) is 1. The predicted molar refractivity (Wildman–Crippen MR) is 79.5 cm³/mol. The monoisotopic (exact) mass is 249 g/mol. The fourth-order valence-corrected chi connectivity index (χ4v) is 2.22. The van der Waals surface area contributed by atoms with E-state index in [9.17, 15) is 0 Å². The number of unbranched alkanes of at least 4 members (excludes halogenated alkanes) is 1. The van der Waals surface area contributed by atoms with Gasteiger partial charge in [0.25, 0.3) is 0 Å². The van der Waals surface area contributed by atoms with Crippen LogP contribution in [0.2, 0.25) is 0 Å². The Morgan fingerprint density at radius 1 is 1.00 bits per heavy atom. The highest BCUT2D eigenvalue weighted by Crippen LogP contribution is 2.09. The quantitative estimate of drug-likeness (QED) is 0.524. The highest BCUT2D eigenvalue weighted by atomic mass is 15.3. The van der Waals surface area contributed by atoms with Gasteiger partial charge < -0.3 is 9.80 Å². The molecular formula is C16H29N2+. The van der Waals surface area contributed by atoms with Gasteiger partial charge in [-0.3, -0.25) is 0 Å². The molecule has 0 atom stereocenters. The minimum absolute atomic E-state index is 1.07. The number of quaternary nitrogens is 1. The van der Waals surface area contributed by atoms with E-state index in [4.69, 9.17) is 0 Å². The molecule has 0 unspecified atom stereocenters. The zero-order chi connectivity index (χ0) is 13.3. The first-order chi connectivity index (χ1) is 8.64. The number of hydrogen-bond donors (Lipinski definition) is 1. The van der Waals surface area contributed by atoms with Crippen molar-refractivity contribution in [3.63, 3.8) is 0 Å². The minimum atomic E-state index is 1.07. The van der Waals surface area contributed by atoms with Crippen LogP contribution in [0.5, 0.6) is 0 Å². The first kappa shape index (κ1) is 15.2. The van der Waals surface area contributed by atoms with Crippen LogP contribution < -0.4 is 5.32 Å². The third kappa shape index (κ3) is 6.77. The molecule has 0 saturated carbocycles. The van der Waals surface area contributed by atoms with Crippen LogP contribution in [0.4, 0.5) is 0 Å². The second-order valence-electron chi connectivity index (χ2n) is 5.76. The maximum Gasteiger partial charge on any atom is 0.104 e. The Kier molecular flexibility index (Phi) is 6.99. The summed E-state index contributed by atoms with van der Waals surface area (Å²) in [5.74, 6) is 0. The summed E-state index contributed by atoms with van der Waals surface area (Å²) in [6.07, 6.45) is 3.83. The summed E-state index contributed by atoms with van der Waals surface area (Å²) in [6.45, 7) is 6.91. The molecule has 0 bridgehead atoms. The van der Waals surface area contributed by atoms with E-state index < -0.39 is 0 Å². The van der Waals surface area contributed by atoms with Crippen molar-refractivity contribution in [3.8, 4) is 0 Å². The van der Waals surface area contributed by atoms with Crippen molar-refractivity contribution in [1.29, 1.82) is 0 Å². The maximum atomic E-state index is 3.51. The lowest BCUT2D eigenvalue weighted by Gasteiger charge is -2.30. The molecule has 18 heavy (non-hydrogen) atoms. The van der Waals surface area contributed by atoms with E-state index in [1.54, 1.807) is 0 Å². The number of nitrogens with one attached hydrogen (secondary N) is 1. The van der Waals surface area contributed by atoms with Crippen molar-refractivity contribution < 1.29 is 4.48 Å². The Morgan fingerprint density at radius 2 is 1.67 bits per heavy atom. The fraction of sp³-hybridized carbons (Fsp3) is 0.625. The van der Waals surface area contributed by atoms with Gasteiger partial charge in [-0.05, 0) is 13.0 Å². The summed E-state index contributed by atoms with van der Waals surface area (Å²) in [5, 5.41) is 3.51. The van der Waals surface area contributed by atoms with Gasteiger partial charge in [0.05, 0.1) is 20.6 Å². The molecular weight excluding hydrogens is 220 g/mol. The summed E-state index contributed by atoms with van der Waals surface area (Å²) < 4.78 is 1.07. The van der Waals surface area contributed by atoms with Gasteiger partial charge in [-0.1, -0.05) is 43.7 Å². The van der Waals surface area contributed by atoms with Crippen molar-refractivity contribution >= 4 is 0 Å². The molecule has 0 aliphatic carbocycles. The SMILES string of the molecule is CCCCNCCC[N+](C)(C)Cc1ccccc1. The highest BCUT2D eigenvalue weighted by molar-refractivity contribution is 5.13. The highest BCUT2D eigenvalue weighted by Gasteiger charge is 2.14. The van der Waals surface area contributed by atoms with Gasteiger partial charge in [0, 0.05) is 18.5 Å². The Morgan fingerprint density at radius 3 is 2.33 bits per heavy atom. The molecule has 1 rings (SSSR count). The standard InChI is InChI=1S/C16H29N2/c1-4-5-12-17-13-9-14-18(2,3)15-16-10-7-6-8-11-16/h6-8,10-11,17H,4-5,9,12-15H2,1-3H3/q+1. The van der Waals surface area contributed by atoms with Crippen molar-refractivity contribution in [1.82, 2.24) is 5.32 Å². The van der Waals surface area contributed by atoms with E-state index in [2.05, 4.69) is 56.7 Å². The predicted octanol–water partition coefficient (Wildman–Crippen LogP) is 3.04. The van der Waals surface area contributed by atoms with Crippen LogP contribution in [-0.4, -0.2) is 38.2 Å². The van der Waals surface area contributed by atoms with Gasteiger partial charge in [-0.25, -0.2) is 0 Å². The lowest BCUT2D eigenvalue weighted by Crippen LogP contribution is -2.40. The van der Waals surface area contributed by atoms with Crippen LogP contribution in [0, 0.1) is 0 Å². The van der Waals surface area contributed by atoms with Crippen molar-refractivity contribution in [2.75, 3.05) is 33.7 Å². The van der Waals surface area contributed by atoms with Crippen molar-refractivity contribution in [2.24, 2.45) is 0 Å². The molecule has 1 aromatic rings. The molecule has 1 N–H and O–H groups in total. The first-order valence-electron chi connectivity index (χ1n) is 7.21. The third-order valence-corrected chi connectivity index (χ3v) is 3.28. The van der Waals surface area contributed by atoms with Crippen LogP contribution in [0.15, 0.2) is 30.3 Å². The van der Waals surface area contributed by atoms with Gasteiger partial charge in [0.1, 0.15) is 6.54 Å². The van der Waals surface area contributed by atoms with E-state index in [0.717, 1.165) is 17.6 Å². The van der Waals surface area contributed by atoms with Gasteiger partial charge in [0.15, 0.2) is 0 Å². The van der Waals surface area contributed by atoms with Crippen LogP contribution in [-0.2, 0) is 6.54 Å². The molecule has 0 saturated heterocycles. The number of rotatable bonds is 9. The average molecular weight is 249 g/mol. The van der Waals surface area contributed by atoms with E-state index in [1.165, 1.54) is 37.9 Å². The van der Waals surface area contributed by atoms with Gasteiger partial charge in [-0.2, -0.15) is 0 Å². The summed E-state index contributed by atoms with van der Waals surface area (Å²) in [5.41, 5.74) is 1.43. The molecule has 2 nitrogen and oxygen atoms in total. The van der Waals surface area contributed by atoms with E-state index in [1.807, 2.05) is 0 Å². The molecule has 0 aliphatic heterocycles. The van der Waals surface area contributed by atoms with E-state index in [-0.39, 0.29) is 0 Å². The third-order valence-electron chi connectivity index (χ3n) is 3.28.